The highest BCUT2D eigenvalue weighted by Gasteiger charge is 2.52. The van der Waals surface area contributed by atoms with Gasteiger partial charge in [-0.05, 0) is 115 Å². The molecule has 0 aliphatic heterocycles. The second kappa shape index (κ2) is 8.98. The Morgan fingerprint density at radius 3 is 2.63 bits per heavy atom. The summed E-state index contributed by atoms with van der Waals surface area (Å²) in [5.74, 6) is 2.40. The van der Waals surface area contributed by atoms with E-state index >= 15 is 0 Å². The van der Waals surface area contributed by atoms with Crippen molar-refractivity contribution in [2.45, 2.75) is 78.7 Å². The summed E-state index contributed by atoms with van der Waals surface area (Å²) in [4.78, 5) is 0. The zero-order valence-corrected chi connectivity index (χ0v) is 19.7. The summed E-state index contributed by atoms with van der Waals surface area (Å²) in [6.45, 7) is 9.55. The van der Waals surface area contributed by atoms with Crippen molar-refractivity contribution in [3.63, 3.8) is 0 Å². The number of fused-ring (bicyclic) bond motifs is 1. The van der Waals surface area contributed by atoms with Crippen LogP contribution in [-0.2, 0) is 6.42 Å². The van der Waals surface area contributed by atoms with Crippen LogP contribution >= 0.6 is 22.6 Å². The van der Waals surface area contributed by atoms with E-state index in [-0.39, 0.29) is 6.10 Å². The second-order valence-electron chi connectivity index (χ2n) is 9.53. The van der Waals surface area contributed by atoms with Gasteiger partial charge in [0.1, 0.15) is 0 Å². The smallest absolute Gasteiger partial charge is 0.0577 e. The molecule has 1 nitrogen and oxygen atoms in total. The van der Waals surface area contributed by atoms with Crippen molar-refractivity contribution < 1.29 is 5.11 Å². The molecule has 0 amide bonds. The van der Waals surface area contributed by atoms with E-state index in [1.54, 1.807) is 5.57 Å². The molecule has 27 heavy (non-hydrogen) atoms. The molecular formula is C25H37IO. The van der Waals surface area contributed by atoms with E-state index in [1.165, 1.54) is 41.2 Å². The van der Waals surface area contributed by atoms with Crippen LogP contribution < -0.4 is 0 Å². The molecule has 0 heterocycles. The first-order valence-electron chi connectivity index (χ1n) is 10.9. The van der Waals surface area contributed by atoms with Crippen LogP contribution in [0.3, 0.4) is 0 Å². The Bertz CT molecular complexity index is 649. The van der Waals surface area contributed by atoms with Crippen LogP contribution in [0.2, 0.25) is 0 Å². The van der Waals surface area contributed by atoms with E-state index in [2.05, 4.69) is 80.6 Å². The fourth-order valence-electron chi connectivity index (χ4n) is 5.94. The fraction of sp³-hybridized carbons (Fsp3) is 0.680. The molecule has 2 saturated carbocycles. The van der Waals surface area contributed by atoms with Crippen LogP contribution in [0, 0.1) is 32.7 Å². The lowest BCUT2D eigenvalue weighted by Gasteiger charge is -2.56. The average molecular weight is 480 g/mol. The molecule has 2 heteroatoms. The monoisotopic (exact) mass is 480 g/mol. The lowest BCUT2D eigenvalue weighted by Crippen LogP contribution is -2.52. The SMILES string of the molecule is CCC/C=C(\C)[C@@H]1CC[C@H]2[C@H](Cc3ccc(I)cc3)[C@H](O)C[C@@H](C)[C@]2(C)C1. The van der Waals surface area contributed by atoms with E-state index in [9.17, 15) is 5.11 Å². The van der Waals surface area contributed by atoms with Gasteiger partial charge in [-0.2, -0.15) is 0 Å². The topological polar surface area (TPSA) is 20.2 Å². The summed E-state index contributed by atoms with van der Waals surface area (Å²) >= 11 is 2.37. The quantitative estimate of drug-likeness (QED) is 0.355. The molecule has 0 bridgehead atoms. The number of halogens is 1. The highest BCUT2D eigenvalue weighted by molar-refractivity contribution is 14.1. The third kappa shape index (κ3) is 4.63. The average Bonchev–Trinajstić information content (AvgIpc) is 2.65. The van der Waals surface area contributed by atoms with Crippen LogP contribution in [0.25, 0.3) is 0 Å². The fourth-order valence-corrected chi connectivity index (χ4v) is 6.30. The number of unbranched alkanes of at least 4 members (excludes halogenated alkanes) is 1. The van der Waals surface area contributed by atoms with Gasteiger partial charge >= 0.3 is 0 Å². The van der Waals surface area contributed by atoms with Gasteiger partial charge < -0.3 is 5.11 Å². The molecule has 1 N–H and O–H groups in total. The molecule has 6 atom stereocenters. The van der Waals surface area contributed by atoms with Crippen molar-refractivity contribution >= 4 is 22.6 Å². The number of hydrogen-bond donors (Lipinski definition) is 1. The first-order valence-corrected chi connectivity index (χ1v) is 12.0. The number of hydrogen-bond acceptors (Lipinski definition) is 1. The third-order valence-electron chi connectivity index (χ3n) is 7.87. The van der Waals surface area contributed by atoms with Crippen molar-refractivity contribution in [1.82, 2.24) is 0 Å². The van der Waals surface area contributed by atoms with Gasteiger partial charge in [0, 0.05) is 3.57 Å². The van der Waals surface area contributed by atoms with Crippen molar-refractivity contribution in [3.8, 4) is 0 Å². The van der Waals surface area contributed by atoms with E-state index < -0.39 is 0 Å². The Balaban J connectivity index is 1.80. The summed E-state index contributed by atoms with van der Waals surface area (Å²) in [5.41, 5.74) is 3.36. The minimum atomic E-state index is -0.148. The number of aliphatic hydroxyl groups excluding tert-OH is 1. The second-order valence-corrected chi connectivity index (χ2v) is 10.8. The number of benzene rings is 1. The van der Waals surface area contributed by atoms with Gasteiger partial charge in [0.25, 0.3) is 0 Å². The van der Waals surface area contributed by atoms with Gasteiger partial charge in [-0.1, -0.05) is 51.0 Å². The minimum absolute atomic E-state index is 0.148. The molecule has 0 unspecified atom stereocenters. The zero-order chi connectivity index (χ0) is 19.6. The predicted molar refractivity (Wildman–Crippen MR) is 124 cm³/mol. The molecule has 150 valence electrons. The van der Waals surface area contributed by atoms with E-state index in [0.717, 1.165) is 18.8 Å². The van der Waals surface area contributed by atoms with Gasteiger partial charge in [-0.3, -0.25) is 0 Å². The number of aliphatic hydroxyl groups is 1. The molecule has 0 aromatic heterocycles. The maximum absolute atomic E-state index is 11.0. The first kappa shape index (κ1) is 21.4. The molecule has 0 saturated heterocycles. The normalized spacial score (nSPS) is 37.1. The van der Waals surface area contributed by atoms with E-state index in [0.29, 0.717) is 23.2 Å². The van der Waals surface area contributed by atoms with Crippen molar-refractivity contribution in [1.29, 1.82) is 0 Å². The highest BCUT2D eigenvalue weighted by Crippen LogP contribution is 2.58. The Kier molecular flexibility index (Phi) is 7.11. The van der Waals surface area contributed by atoms with Gasteiger partial charge in [0.15, 0.2) is 0 Å². The lowest BCUT2D eigenvalue weighted by molar-refractivity contribution is -0.105. The van der Waals surface area contributed by atoms with Crippen LogP contribution in [-0.4, -0.2) is 11.2 Å². The molecule has 0 radical (unpaired) electrons. The Hall–Kier alpha value is -0.350. The lowest BCUT2D eigenvalue weighted by atomic mass is 9.49. The standard InChI is InChI=1S/C25H37IO/c1-5-6-7-17(2)20-10-13-23-22(15-19-8-11-21(26)12-9-19)24(27)14-18(3)25(23,4)16-20/h7-9,11-12,18,20,22-24,27H,5-6,10,13-16H2,1-4H3/b17-7+/t18-,20-,22+,23+,24-,25+/m1/s1. The Morgan fingerprint density at radius 2 is 1.96 bits per heavy atom. The summed E-state index contributed by atoms with van der Waals surface area (Å²) in [6, 6.07) is 8.91. The van der Waals surface area contributed by atoms with Crippen LogP contribution in [0.1, 0.15) is 71.8 Å². The van der Waals surface area contributed by atoms with Crippen molar-refractivity contribution in [3.05, 3.63) is 45.0 Å². The first-order chi connectivity index (χ1) is 12.8. The van der Waals surface area contributed by atoms with Crippen molar-refractivity contribution in [2.24, 2.45) is 29.1 Å². The molecular weight excluding hydrogens is 443 g/mol. The largest absolute Gasteiger partial charge is 0.393 e. The summed E-state index contributed by atoms with van der Waals surface area (Å²) in [6.07, 6.45) is 10.7. The molecule has 0 spiro atoms. The van der Waals surface area contributed by atoms with Gasteiger partial charge in [-0.15, -0.1) is 0 Å². The van der Waals surface area contributed by atoms with Crippen LogP contribution in [0.5, 0.6) is 0 Å². The maximum atomic E-state index is 11.0. The molecule has 3 rings (SSSR count). The van der Waals surface area contributed by atoms with Gasteiger partial charge in [0.05, 0.1) is 6.10 Å². The van der Waals surface area contributed by atoms with Crippen molar-refractivity contribution in [2.75, 3.05) is 0 Å². The van der Waals surface area contributed by atoms with Gasteiger partial charge in [0.2, 0.25) is 0 Å². The zero-order valence-electron chi connectivity index (χ0n) is 17.5. The molecule has 1 aromatic carbocycles. The predicted octanol–water partition coefficient (Wildman–Crippen LogP) is 7.02. The Labute approximate surface area is 180 Å². The van der Waals surface area contributed by atoms with E-state index in [4.69, 9.17) is 0 Å². The van der Waals surface area contributed by atoms with E-state index in [1.807, 2.05) is 0 Å². The van der Waals surface area contributed by atoms with Crippen LogP contribution in [0.15, 0.2) is 35.9 Å². The van der Waals surface area contributed by atoms with Crippen LogP contribution in [0.4, 0.5) is 0 Å². The summed E-state index contributed by atoms with van der Waals surface area (Å²) in [7, 11) is 0. The molecule has 2 aliphatic carbocycles. The Morgan fingerprint density at radius 1 is 1.26 bits per heavy atom. The third-order valence-corrected chi connectivity index (χ3v) is 8.59. The maximum Gasteiger partial charge on any atom is 0.0577 e. The highest BCUT2D eigenvalue weighted by atomic mass is 127. The molecule has 1 aromatic rings. The summed E-state index contributed by atoms with van der Waals surface area (Å²) in [5, 5.41) is 11.0. The number of rotatable bonds is 5. The summed E-state index contributed by atoms with van der Waals surface area (Å²) < 4.78 is 1.29. The van der Waals surface area contributed by atoms with Gasteiger partial charge in [-0.25, -0.2) is 0 Å². The minimum Gasteiger partial charge on any atom is -0.393 e. The molecule has 2 fully saturated rings. The number of allylic oxidation sites excluding steroid dienone is 2. The molecule has 2 aliphatic rings.